The number of hydrogen-bond acceptors (Lipinski definition) is 10. The molecule has 244 valence electrons. The summed E-state index contributed by atoms with van der Waals surface area (Å²) < 4.78 is 41.1. The molecular weight excluding hydrogens is 630 g/mol. The van der Waals surface area contributed by atoms with Gasteiger partial charge in [-0.25, -0.2) is 8.78 Å². The van der Waals surface area contributed by atoms with Crippen LogP contribution in [0, 0.1) is 17.1 Å². The Hall–Kier alpha value is -4.51. The molecule has 0 N–H and O–H groups in total. The SMILES string of the molecule is CO[C@@H]1C[C@@H](COc2nc(N3CCN(C(=O)/C=C/CF)[C@@H](CC#N)C3)c3cnc(-c4cncc5cccc(Cl)c45)c(F)c3n2)N(C)C1. The number of carbonyl (C=O) groups excluding carboxylic acids is 1. The summed E-state index contributed by atoms with van der Waals surface area (Å²) in [5.41, 5.74) is 0.431. The highest BCUT2D eigenvalue weighted by Crippen LogP contribution is 2.37. The summed E-state index contributed by atoms with van der Waals surface area (Å²) in [6.07, 6.45) is 7.87. The van der Waals surface area contributed by atoms with Gasteiger partial charge in [0.2, 0.25) is 5.91 Å². The number of halogens is 3. The molecule has 2 aliphatic heterocycles. The fourth-order valence-electron chi connectivity index (χ4n) is 6.31. The topological polar surface area (TPSA) is 121 Å². The van der Waals surface area contributed by atoms with Gasteiger partial charge in [0.05, 0.1) is 30.0 Å². The molecule has 4 aromatic rings. The van der Waals surface area contributed by atoms with Crippen LogP contribution in [-0.2, 0) is 9.53 Å². The van der Waals surface area contributed by atoms with Gasteiger partial charge in [-0.3, -0.25) is 19.7 Å². The molecule has 6 rings (SSSR count). The fourth-order valence-corrected chi connectivity index (χ4v) is 6.59. The van der Waals surface area contributed by atoms with Crippen LogP contribution in [0.15, 0.2) is 48.9 Å². The number of allylic oxidation sites excluding steroid dienone is 1. The van der Waals surface area contributed by atoms with Gasteiger partial charge in [-0.1, -0.05) is 23.7 Å². The van der Waals surface area contributed by atoms with Crippen LogP contribution in [0.4, 0.5) is 14.6 Å². The first kappa shape index (κ1) is 32.4. The third kappa shape index (κ3) is 6.54. The first-order valence-electron chi connectivity index (χ1n) is 15.2. The molecule has 0 unspecified atom stereocenters. The number of nitrogens with zero attached hydrogens (tertiary/aromatic N) is 8. The number of rotatable bonds is 9. The van der Waals surface area contributed by atoms with Crippen molar-refractivity contribution in [3.05, 3.63) is 59.8 Å². The Bertz CT molecular complexity index is 1870. The summed E-state index contributed by atoms with van der Waals surface area (Å²) in [5.74, 6) is -0.712. The molecule has 3 atom stereocenters. The number of hydrogen-bond donors (Lipinski definition) is 0. The van der Waals surface area contributed by atoms with E-state index in [-0.39, 0.29) is 61.4 Å². The van der Waals surface area contributed by atoms with Crippen molar-refractivity contribution in [1.82, 2.24) is 29.7 Å². The van der Waals surface area contributed by atoms with E-state index < -0.39 is 18.5 Å². The largest absolute Gasteiger partial charge is 0.462 e. The maximum absolute atomic E-state index is 16.7. The van der Waals surface area contributed by atoms with E-state index >= 15 is 4.39 Å². The predicted octanol–water partition coefficient (Wildman–Crippen LogP) is 4.59. The molecule has 2 saturated heterocycles. The van der Waals surface area contributed by atoms with Crippen molar-refractivity contribution in [2.75, 3.05) is 58.5 Å². The predicted molar refractivity (Wildman–Crippen MR) is 173 cm³/mol. The second-order valence-corrected chi connectivity index (χ2v) is 12.0. The van der Waals surface area contributed by atoms with Crippen molar-refractivity contribution >= 4 is 45.0 Å². The van der Waals surface area contributed by atoms with E-state index in [9.17, 15) is 14.4 Å². The van der Waals surface area contributed by atoms with Crippen LogP contribution in [0.2, 0.25) is 5.02 Å². The third-order valence-corrected chi connectivity index (χ3v) is 9.08. The monoisotopic (exact) mass is 662 g/mol. The number of nitriles is 1. The average Bonchev–Trinajstić information content (AvgIpc) is 3.45. The highest BCUT2D eigenvalue weighted by Gasteiger charge is 2.33. The third-order valence-electron chi connectivity index (χ3n) is 8.76. The minimum absolute atomic E-state index is 0.00480. The fraction of sp³-hybridized carbons (Fsp3) is 0.394. The van der Waals surface area contributed by atoms with E-state index in [1.165, 1.54) is 18.5 Å². The minimum Gasteiger partial charge on any atom is -0.462 e. The number of alkyl halides is 1. The number of anilines is 1. The van der Waals surface area contributed by atoms with Gasteiger partial charge in [0.25, 0.3) is 0 Å². The molecule has 14 heteroatoms. The van der Waals surface area contributed by atoms with Gasteiger partial charge in [0.15, 0.2) is 5.82 Å². The second kappa shape index (κ2) is 14.1. The highest BCUT2D eigenvalue weighted by molar-refractivity contribution is 6.36. The minimum atomic E-state index is -0.769. The molecule has 0 saturated carbocycles. The molecule has 2 fully saturated rings. The number of amides is 1. The average molecular weight is 663 g/mol. The van der Waals surface area contributed by atoms with Gasteiger partial charge in [-0.15, -0.1) is 0 Å². The lowest BCUT2D eigenvalue weighted by molar-refractivity contribution is -0.128. The Balaban J connectivity index is 1.42. The van der Waals surface area contributed by atoms with Crippen LogP contribution in [0.1, 0.15) is 12.8 Å². The first-order valence-corrected chi connectivity index (χ1v) is 15.6. The van der Waals surface area contributed by atoms with Crippen molar-refractivity contribution < 1.29 is 23.0 Å². The van der Waals surface area contributed by atoms with E-state index in [2.05, 4.69) is 25.9 Å². The number of likely N-dealkylation sites (tertiary alicyclic amines) is 1. The molecule has 0 radical (unpaired) electrons. The zero-order valence-electron chi connectivity index (χ0n) is 25.9. The molecule has 0 spiro atoms. The maximum atomic E-state index is 16.7. The van der Waals surface area contributed by atoms with Crippen LogP contribution in [0.5, 0.6) is 6.01 Å². The van der Waals surface area contributed by atoms with E-state index in [0.717, 1.165) is 24.4 Å². The van der Waals surface area contributed by atoms with Crippen molar-refractivity contribution in [2.45, 2.75) is 31.0 Å². The smallest absolute Gasteiger partial charge is 0.319 e. The number of fused-ring (bicyclic) bond motifs is 2. The van der Waals surface area contributed by atoms with E-state index in [1.807, 2.05) is 18.0 Å². The lowest BCUT2D eigenvalue weighted by Gasteiger charge is -2.41. The van der Waals surface area contributed by atoms with Crippen LogP contribution >= 0.6 is 11.6 Å². The Morgan fingerprint density at radius 2 is 2.04 bits per heavy atom. The van der Waals surface area contributed by atoms with Crippen molar-refractivity contribution in [2.24, 2.45) is 0 Å². The van der Waals surface area contributed by atoms with E-state index in [0.29, 0.717) is 33.7 Å². The Morgan fingerprint density at radius 1 is 1.19 bits per heavy atom. The maximum Gasteiger partial charge on any atom is 0.319 e. The molecule has 3 aromatic heterocycles. The van der Waals surface area contributed by atoms with Crippen LogP contribution in [0.25, 0.3) is 32.9 Å². The summed E-state index contributed by atoms with van der Waals surface area (Å²) in [7, 11) is 3.66. The number of aromatic nitrogens is 4. The zero-order chi connectivity index (χ0) is 33.1. The van der Waals surface area contributed by atoms with Gasteiger partial charge in [-0.2, -0.15) is 15.2 Å². The number of benzene rings is 1. The molecular formula is C33H33ClF2N8O3. The molecule has 0 bridgehead atoms. The Kier molecular flexibility index (Phi) is 9.72. The summed E-state index contributed by atoms with van der Waals surface area (Å²) in [5, 5.41) is 11.7. The van der Waals surface area contributed by atoms with Crippen LogP contribution < -0.4 is 9.64 Å². The van der Waals surface area contributed by atoms with Gasteiger partial charge in [0, 0.05) is 85.4 Å². The summed E-state index contributed by atoms with van der Waals surface area (Å²) in [6.45, 7) is 1.02. The molecule has 1 amide bonds. The molecule has 0 aliphatic carbocycles. The Morgan fingerprint density at radius 3 is 2.81 bits per heavy atom. The number of likely N-dealkylation sites (N-methyl/N-ethyl adjacent to an activating group) is 1. The van der Waals surface area contributed by atoms with Crippen molar-refractivity contribution in [3.8, 4) is 23.3 Å². The summed E-state index contributed by atoms with van der Waals surface area (Å²) in [6, 6.07) is 7.00. The van der Waals surface area contributed by atoms with Gasteiger partial charge in [0.1, 0.15) is 30.3 Å². The lowest BCUT2D eigenvalue weighted by Crippen LogP contribution is -2.55. The second-order valence-electron chi connectivity index (χ2n) is 11.6. The quantitative estimate of drug-likeness (QED) is 0.235. The van der Waals surface area contributed by atoms with Gasteiger partial charge in [-0.05, 0) is 25.6 Å². The number of piperazine rings is 1. The van der Waals surface area contributed by atoms with Crippen molar-refractivity contribution in [3.63, 3.8) is 0 Å². The molecule has 11 nitrogen and oxygen atoms in total. The standard InChI is InChI=1S/C33H33ClF2N8O3/c1-42-18-23(46-2)13-22(42)19-47-33-40-31-25(16-39-30(29(31)36)24-15-38-14-20-5-3-6-26(34)28(20)24)32(41-33)43-11-12-44(21(17-43)8-10-37)27(45)7-4-9-35/h3-7,14-16,21-23H,8-9,11-13,17-19H2,1-2H3/b7-4+/t21-,22-,23+/m0/s1. The molecule has 2 aliphatic rings. The first-order chi connectivity index (χ1) is 22.8. The number of ether oxygens (including phenoxy) is 2. The molecule has 47 heavy (non-hydrogen) atoms. The van der Waals surface area contributed by atoms with Gasteiger partial charge >= 0.3 is 6.01 Å². The van der Waals surface area contributed by atoms with Crippen LogP contribution in [0.3, 0.4) is 0 Å². The number of methoxy groups -OCH3 is 1. The lowest BCUT2D eigenvalue weighted by atomic mass is 10.0. The van der Waals surface area contributed by atoms with Gasteiger partial charge < -0.3 is 19.3 Å². The normalized spacial score (nSPS) is 20.4. The molecule has 1 aromatic carbocycles. The highest BCUT2D eigenvalue weighted by atomic mass is 35.5. The van der Waals surface area contributed by atoms with E-state index in [4.69, 9.17) is 26.1 Å². The Labute approximate surface area is 275 Å². The number of pyridine rings is 2. The number of carbonyl (C=O) groups is 1. The van der Waals surface area contributed by atoms with Crippen molar-refractivity contribution in [1.29, 1.82) is 5.26 Å². The zero-order valence-corrected chi connectivity index (χ0v) is 26.7. The summed E-state index contributed by atoms with van der Waals surface area (Å²) in [4.78, 5) is 36.4. The van der Waals surface area contributed by atoms with Crippen LogP contribution in [-0.4, -0.2) is 107 Å². The molecule has 5 heterocycles. The van der Waals surface area contributed by atoms with E-state index in [1.54, 1.807) is 30.3 Å². The summed E-state index contributed by atoms with van der Waals surface area (Å²) >= 11 is 6.56.